The molecule has 1 unspecified atom stereocenters. The number of pyridine rings is 1. The summed E-state index contributed by atoms with van der Waals surface area (Å²) >= 11 is 0. The summed E-state index contributed by atoms with van der Waals surface area (Å²) in [5.41, 5.74) is 7.39. The van der Waals surface area contributed by atoms with Gasteiger partial charge in [0.15, 0.2) is 5.82 Å². The van der Waals surface area contributed by atoms with Gasteiger partial charge >= 0.3 is 0 Å². The molecule has 0 saturated heterocycles. The molecule has 3 heterocycles. The molecule has 0 radical (unpaired) electrons. The van der Waals surface area contributed by atoms with Gasteiger partial charge in [-0.25, -0.2) is 9.97 Å². The average Bonchev–Trinajstić information content (AvgIpc) is 2.82. The number of hydrogen-bond acceptors (Lipinski definition) is 6. The number of benzene rings is 1. The van der Waals surface area contributed by atoms with Crippen LogP contribution in [0.1, 0.15) is 32.6 Å². The Morgan fingerprint density at radius 1 is 1.40 bits per heavy atom. The highest BCUT2D eigenvalue weighted by molar-refractivity contribution is 6.09. The molecule has 7 heteroatoms. The molecule has 0 bridgehead atoms. The van der Waals surface area contributed by atoms with Crippen LogP contribution in [0.5, 0.6) is 5.75 Å². The molecular weight excluding hydrogens is 320 g/mol. The summed E-state index contributed by atoms with van der Waals surface area (Å²) in [4.78, 5) is 9.17. The third kappa shape index (κ3) is 2.42. The Labute approximate surface area is 145 Å². The number of hydrogen-bond donors (Lipinski definition) is 2. The molecule has 4 rings (SSSR count). The van der Waals surface area contributed by atoms with E-state index in [0.29, 0.717) is 37.0 Å². The van der Waals surface area contributed by atoms with Crippen LogP contribution in [0.15, 0.2) is 18.2 Å². The highest BCUT2D eigenvalue weighted by atomic mass is 16.5. The summed E-state index contributed by atoms with van der Waals surface area (Å²) in [6.07, 6.45) is 0. The predicted octanol–water partition coefficient (Wildman–Crippen LogP) is 2.41. The van der Waals surface area contributed by atoms with Gasteiger partial charge in [0, 0.05) is 6.61 Å². The minimum atomic E-state index is -1.01. The van der Waals surface area contributed by atoms with Crippen LogP contribution in [-0.2, 0) is 11.3 Å². The number of aromatic nitrogens is 3. The first-order valence-electron chi connectivity index (χ1n) is 8.43. The fourth-order valence-electron chi connectivity index (χ4n) is 3.44. The Bertz CT molecular complexity index is 958. The van der Waals surface area contributed by atoms with E-state index in [1.165, 1.54) is 0 Å². The summed E-state index contributed by atoms with van der Waals surface area (Å²) in [6, 6.07) is 5.38. The topological polar surface area (TPSA) is 95.4 Å². The molecule has 0 fully saturated rings. The van der Waals surface area contributed by atoms with Crippen LogP contribution in [0.2, 0.25) is 0 Å². The van der Waals surface area contributed by atoms with Gasteiger partial charge in [-0.2, -0.15) is 0 Å². The number of anilines is 1. The van der Waals surface area contributed by atoms with Crippen LogP contribution in [0.4, 0.5) is 5.82 Å². The Kier molecular flexibility index (Phi) is 3.59. The molecule has 25 heavy (non-hydrogen) atoms. The zero-order valence-electron chi connectivity index (χ0n) is 14.6. The molecule has 132 valence electrons. The second-order valence-corrected chi connectivity index (χ2v) is 6.86. The van der Waals surface area contributed by atoms with Crippen LogP contribution in [0.25, 0.3) is 21.9 Å². The summed E-state index contributed by atoms with van der Waals surface area (Å²) in [6.45, 7) is 6.71. The predicted molar refractivity (Wildman–Crippen MR) is 95.6 cm³/mol. The van der Waals surface area contributed by atoms with E-state index in [0.717, 1.165) is 22.2 Å². The number of nitrogens with two attached hydrogens (primary N) is 1. The maximum Gasteiger partial charge on any atom is 0.152 e. The Hall–Kier alpha value is -2.38. The zero-order chi connectivity index (χ0) is 17.8. The molecule has 0 aliphatic carbocycles. The number of ether oxygens (including phenoxy) is 2. The third-order valence-corrected chi connectivity index (χ3v) is 4.67. The Morgan fingerprint density at radius 2 is 2.20 bits per heavy atom. The molecule has 1 aliphatic heterocycles. The lowest BCUT2D eigenvalue weighted by atomic mass is 9.99. The van der Waals surface area contributed by atoms with Crippen molar-refractivity contribution in [2.24, 2.45) is 0 Å². The van der Waals surface area contributed by atoms with Gasteiger partial charge in [-0.05, 0) is 32.9 Å². The highest BCUT2D eigenvalue weighted by Crippen LogP contribution is 2.41. The SMILES string of the molecule is CCOCc1nc2c(N)nc3cccc4c3c2n1C(C(C)(C)O)CO4. The van der Waals surface area contributed by atoms with Crippen molar-refractivity contribution in [1.82, 2.24) is 14.5 Å². The van der Waals surface area contributed by atoms with E-state index < -0.39 is 5.60 Å². The number of imidazole rings is 1. The second kappa shape index (κ2) is 5.57. The fraction of sp³-hybridized carbons (Fsp3) is 0.444. The van der Waals surface area contributed by atoms with Gasteiger partial charge in [-0.1, -0.05) is 6.07 Å². The molecule has 3 aromatic rings. The second-order valence-electron chi connectivity index (χ2n) is 6.86. The van der Waals surface area contributed by atoms with Crippen LogP contribution < -0.4 is 10.5 Å². The van der Waals surface area contributed by atoms with Gasteiger partial charge in [0.2, 0.25) is 0 Å². The summed E-state index contributed by atoms with van der Waals surface area (Å²) in [5, 5.41) is 11.6. The van der Waals surface area contributed by atoms with E-state index in [1.54, 1.807) is 13.8 Å². The van der Waals surface area contributed by atoms with Crippen molar-refractivity contribution >= 4 is 27.8 Å². The van der Waals surface area contributed by atoms with Gasteiger partial charge in [0.25, 0.3) is 0 Å². The number of aliphatic hydroxyl groups is 1. The van der Waals surface area contributed by atoms with Gasteiger partial charge in [-0.15, -0.1) is 0 Å². The molecule has 1 aromatic carbocycles. The minimum absolute atomic E-state index is 0.321. The van der Waals surface area contributed by atoms with Crippen LogP contribution >= 0.6 is 0 Å². The standard InChI is InChI=1S/C18H22N4O3/c1-4-24-9-13-21-15-16-14-10(20-17(15)19)6-5-7-11(14)25-8-12(22(13)16)18(2,3)23/h5-7,12,23H,4,8-9H2,1-3H3,(H2,19,20). The maximum absolute atomic E-state index is 10.8. The monoisotopic (exact) mass is 342 g/mol. The van der Waals surface area contributed by atoms with Crippen LogP contribution in [-0.4, -0.2) is 38.5 Å². The van der Waals surface area contributed by atoms with E-state index in [4.69, 9.17) is 20.2 Å². The quantitative estimate of drug-likeness (QED) is 0.756. The molecule has 0 saturated carbocycles. The van der Waals surface area contributed by atoms with E-state index in [-0.39, 0.29) is 6.04 Å². The van der Waals surface area contributed by atoms with Crippen molar-refractivity contribution in [3.05, 3.63) is 24.0 Å². The van der Waals surface area contributed by atoms with Crippen LogP contribution in [0.3, 0.4) is 0 Å². The van der Waals surface area contributed by atoms with E-state index in [9.17, 15) is 5.11 Å². The summed E-state index contributed by atoms with van der Waals surface area (Å²) in [7, 11) is 0. The Balaban J connectivity index is 2.13. The van der Waals surface area contributed by atoms with E-state index in [2.05, 4.69) is 4.98 Å². The van der Waals surface area contributed by atoms with E-state index >= 15 is 0 Å². The smallest absolute Gasteiger partial charge is 0.152 e. The minimum Gasteiger partial charge on any atom is -0.491 e. The van der Waals surface area contributed by atoms with Crippen molar-refractivity contribution in [3.63, 3.8) is 0 Å². The zero-order valence-corrected chi connectivity index (χ0v) is 14.6. The third-order valence-electron chi connectivity index (χ3n) is 4.67. The van der Waals surface area contributed by atoms with Gasteiger partial charge in [0.05, 0.1) is 28.1 Å². The van der Waals surface area contributed by atoms with Crippen molar-refractivity contribution < 1.29 is 14.6 Å². The lowest BCUT2D eigenvalue weighted by Gasteiger charge is -2.30. The van der Waals surface area contributed by atoms with Gasteiger partial charge < -0.3 is 24.9 Å². The van der Waals surface area contributed by atoms with Crippen molar-refractivity contribution in [2.75, 3.05) is 18.9 Å². The van der Waals surface area contributed by atoms with Crippen molar-refractivity contribution in [2.45, 2.75) is 39.0 Å². The van der Waals surface area contributed by atoms with E-state index in [1.807, 2.05) is 29.7 Å². The molecule has 7 nitrogen and oxygen atoms in total. The molecule has 1 aliphatic rings. The first kappa shape index (κ1) is 16.1. The van der Waals surface area contributed by atoms with Crippen molar-refractivity contribution in [3.8, 4) is 5.75 Å². The van der Waals surface area contributed by atoms with Crippen molar-refractivity contribution in [1.29, 1.82) is 0 Å². The summed E-state index contributed by atoms with van der Waals surface area (Å²) < 4.78 is 13.6. The molecule has 2 aromatic heterocycles. The first-order valence-corrected chi connectivity index (χ1v) is 8.43. The molecule has 3 N–H and O–H groups in total. The average molecular weight is 342 g/mol. The lowest BCUT2D eigenvalue weighted by molar-refractivity contribution is 0.00250. The molecule has 1 atom stereocenters. The normalized spacial score (nSPS) is 17.2. The fourth-order valence-corrected chi connectivity index (χ4v) is 3.44. The lowest BCUT2D eigenvalue weighted by Crippen LogP contribution is -2.37. The molecule has 0 amide bonds. The molecular formula is C18H22N4O3. The number of nitrogens with zero attached hydrogens (tertiary/aromatic N) is 3. The number of nitrogen functional groups attached to an aromatic ring is 1. The van der Waals surface area contributed by atoms with Gasteiger partial charge in [-0.3, -0.25) is 0 Å². The molecule has 0 spiro atoms. The first-order chi connectivity index (χ1) is 11.9. The summed E-state index contributed by atoms with van der Waals surface area (Å²) in [5.74, 6) is 1.81. The van der Waals surface area contributed by atoms with Gasteiger partial charge in [0.1, 0.15) is 30.3 Å². The van der Waals surface area contributed by atoms with Crippen LogP contribution in [0, 0.1) is 0 Å². The Morgan fingerprint density at radius 3 is 2.92 bits per heavy atom. The largest absolute Gasteiger partial charge is 0.491 e. The number of rotatable bonds is 4. The highest BCUT2D eigenvalue weighted by Gasteiger charge is 2.36. The maximum atomic E-state index is 10.8.